The van der Waals surface area contributed by atoms with Gasteiger partial charge in [-0.05, 0) is 29.8 Å². The van der Waals surface area contributed by atoms with E-state index in [1.54, 1.807) is 48.6 Å². The Morgan fingerprint density at radius 3 is 2.60 bits per heavy atom. The molecule has 3 rings (SSSR count). The minimum absolute atomic E-state index is 0.0469. The van der Waals surface area contributed by atoms with Crippen LogP contribution in [0.3, 0.4) is 0 Å². The van der Waals surface area contributed by atoms with Crippen molar-refractivity contribution in [2.45, 2.75) is 31.2 Å². The smallest absolute Gasteiger partial charge is 0.319 e. The van der Waals surface area contributed by atoms with Crippen LogP contribution in [-0.4, -0.2) is 41.9 Å². The molecule has 0 aliphatic carbocycles. The number of benzene rings is 2. The fraction of sp³-hybridized carbons (Fsp3) is 0.273. The zero-order valence-electron chi connectivity index (χ0n) is 16.3. The Hall–Kier alpha value is -3.23. The van der Waals surface area contributed by atoms with Gasteiger partial charge in [-0.25, -0.2) is 9.18 Å². The molecule has 2 aromatic carbocycles. The van der Waals surface area contributed by atoms with Crippen LogP contribution in [0.15, 0.2) is 66.7 Å². The summed E-state index contributed by atoms with van der Waals surface area (Å²) >= 11 is 0. The van der Waals surface area contributed by atoms with Crippen LogP contribution in [0.25, 0.3) is 0 Å². The van der Waals surface area contributed by atoms with Gasteiger partial charge in [-0.2, -0.15) is 0 Å². The third-order valence-corrected chi connectivity index (χ3v) is 4.56. The molecule has 3 amide bonds. The van der Waals surface area contributed by atoms with Gasteiger partial charge >= 0.3 is 6.03 Å². The number of rotatable bonds is 7. The SMILES string of the molecule is O=C(C[C@@H]1C=C[C@@H](NC(=O)Nc2ccccc2)[C@@H](CO)O1)NCc1cccc(F)c1. The van der Waals surface area contributed by atoms with Crippen molar-refractivity contribution in [1.29, 1.82) is 0 Å². The van der Waals surface area contributed by atoms with Gasteiger partial charge in [-0.3, -0.25) is 4.79 Å². The molecule has 30 heavy (non-hydrogen) atoms. The topological polar surface area (TPSA) is 99.7 Å². The molecular weight excluding hydrogens is 389 g/mol. The fourth-order valence-corrected chi connectivity index (χ4v) is 3.08. The number of halogens is 1. The number of hydrogen-bond acceptors (Lipinski definition) is 4. The van der Waals surface area contributed by atoms with E-state index in [0.29, 0.717) is 11.3 Å². The van der Waals surface area contributed by atoms with E-state index in [9.17, 15) is 19.1 Å². The van der Waals surface area contributed by atoms with Crippen LogP contribution in [0.1, 0.15) is 12.0 Å². The summed E-state index contributed by atoms with van der Waals surface area (Å²) in [7, 11) is 0. The van der Waals surface area contributed by atoms with Gasteiger partial charge in [0.15, 0.2) is 0 Å². The highest BCUT2D eigenvalue weighted by atomic mass is 19.1. The fourth-order valence-electron chi connectivity index (χ4n) is 3.08. The zero-order chi connectivity index (χ0) is 21.3. The Morgan fingerprint density at radius 1 is 1.07 bits per heavy atom. The molecule has 0 saturated heterocycles. The zero-order valence-corrected chi connectivity index (χ0v) is 16.3. The van der Waals surface area contributed by atoms with Gasteiger partial charge in [0, 0.05) is 12.2 Å². The van der Waals surface area contributed by atoms with Crippen molar-refractivity contribution in [2.24, 2.45) is 0 Å². The van der Waals surface area contributed by atoms with Gasteiger partial charge in [0.1, 0.15) is 11.9 Å². The number of ether oxygens (including phenoxy) is 1. The Balaban J connectivity index is 1.49. The molecule has 8 heteroatoms. The molecule has 1 aliphatic heterocycles. The molecule has 0 spiro atoms. The van der Waals surface area contributed by atoms with E-state index in [0.717, 1.165) is 0 Å². The molecule has 0 radical (unpaired) electrons. The minimum Gasteiger partial charge on any atom is -0.394 e. The summed E-state index contributed by atoms with van der Waals surface area (Å²) in [5.41, 5.74) is 1.30. The second-order valence-corrected chi connectivity index (χ2v) is 6.88. The first kappa shape index (κ1) is 21.5. The highest BCUT2D eigenvalue weighted by molar-refractivity contribution is 5.89. The molecule has 7 nitrogen and oxygen atoms in total. The first-order valence-electron chi connectivity index (χ1n) is 9.62. The molecular formula is C22H24FN3O4. The quantitative estimate of drug-likeness (QED) is 0.524. The third kappa shape index (κ3) is 6.40. The van der Waals surface area contributed by atoms with Crippen molar-refractivity contribution in [3.8, 4) is 0 Å². The number of amides is 3. The number of aliphatic hydroxyl groups excluding tert-OH is 1. The summed E-state index contributed by atoms with van der Waals surface area (Å²) in [6.45, 7) is -0.109. The lowest BCUT2D eigenvalue weighted by atomic mass is 10.0. The maximum absolute atomic E-state index is 13.2. The van der Waals surface area contributed by atoms with Crippen molar-refractivity contribution in [2.75, 3.05) is 11.9 Å². The van der Waals surface area contributed by atoms with Crippen LogP contribution < -0.4 is 16.0 Å². The van der Waals surface area contributed by atoms with Crippen molar-refractivity contribution < 1.29 is 23.8 Å². The monoisotopic (exact) mass is 413 g/mol. The highest BCUT2D eigenvalue weighted by Crippen LogP contribution is 2.16. The number of anilines is 1. The third-order valence-electron chi connectivity index (χ3n) is 4.56. The van der Waals surface area contributed by atoms with Crippen molar-refractivity contribution in [1.82, 2.24) is 10.6 Å². The standard InChI is InChI=1S/C22H24FN3O4/c23-16-6-4-5-15(11-16)13-24-21(28)12-18-9-10-19(20(14-27)30-18)26-22(29)25-17-7-2-1-3-8-17/h1-11,18-20,27H,12-14H2,(H,24,28)(H2,25,26,29)/t18-,19+,20+/m0/s1. The maximum atomic E-state index is 13.2. The van der Waals surface area contributed by atoms with Crippen LogP contribution in [0, 0.1) is 5.82 Å². The number of carbonyl (C=O) groups is 2. The summed E-state index contributed by atoms with van der Waals surface area (Å²) in [6, 6.07) is 14.0. The second-order valence-electron chi connectivity index (χ2n) is 6.88. The van der Waals surface area contributed by atoms with E-state index < -0.39 is 24.3 Å². The first-order valence-corrected chi connectivity index (χ1v) is 9.62. The number of carbonyl (C=O) groups excluding carboxylic acids is 2. The van der Waals surface area contributed by atoms with E-state index in [1.165, 1.54) is 12.1 Å². The van der Waals surface area contributed by atoms with Crippen molar-refractivity contribution in [3.05, 3.63) is 78.1 Å². The molecule has 158 valence electrons. The minimum atomic E-state index is -0.683. The maximum Gasteiger partial charge on any atom is 0.319 e. The predicted octanol–water partition coefficient (Wildman–Crippen LogP) is 2.34. The van der Waals surface area contributed by atoms with Gasteiger partial charge in [0.2, 0.25) is 5.91 Å². The molecule has 0 saturated carbocycles. The van der Waals surface area contributed by atoms with Crippen LogP contribution in [0.4, 0.5) is 14.9 Å². The average molecular weight is 413 g/mol. The Morgan fingerprint density at radius 2 is 1.87 bits per heavy atom. The van der Waals surface area contributed by atoms with Gasteiger partial charge in [0.05, 0.1) is 25.2 Å². The Labute approximate surface area is 173 Å². The van der Waals surface area contributed by atoms with Gasteiger partial charge < -0.3 is 25.8 Å². The predicted molar refractivity (Wildman–Crippen MR) is 110 cm³/mol. The largest absolute Gasteiger partial charge is 0.394 e. The molecule has 1 aliphatic rings. The Kier molecular flexibility index (Phi) is 7.53. The summed E-state index contributed by atoms with van der Waals surface area (Å²) in [5, 5.41) is 17.8. The van der Waals surface area contributed by atoms with Crippen molar-refractivity contribution in [3.63, 3.8) is 0 Å². The van der Waals surface area contributed by atoms with Crippen LogP contribution in [0.2, 0.25) is 0 Å². The number of urea groups is 1. The van der Waals surface area contributed by atoms with Crippen LogP contribution in [-0.2, 0) is 16.1 Å². The van der Waals surface area contributed by atoms with Crippen LogP contribution >= 0.6 is 0 Å². The summed E-state index contributed by atoms with van der Waals surface area (Å²) < 4.78 is 18.9. The summed E-state index contributed by atoms with van der Waals surface area (Å²) in [4.78, 5) is 24.3. The van der Waals surface area contributed by atoms with E-state index in [-0.39, 0.29) is 31.3 Å². The number of aliphatic hydroxyl groups is 1. The van der Waals surface area contributed by atoms with Gasteiger partial charge in [0.25, 0.3) is 0 Å². The Bertz CT molecular complexity index is 891. The molecule has 4 N–H and O–H groups in total. The van der Waals surface area contributed by atoms with E-state index >= 15 is 0 Å². The van der Waals surface area contributed by atoms with E-state index in [1.807, 2.05) is 6.07 Å². The molecule has 2 aromatic rings. The summed E-state index contributed by atoms with van der Waals surface area (Å²) in [5.74, 6) is -0.625. The van der Waals surface area contributed by atoms with Gasteiger partial charge in [-0.1, -0.05) is 42.5 Å². The molecule has 1 heterocycles. The lowest BCUT2D eigenvalue weighted by molar-refractivity contribution is -0.125. The van der Waals surface area contributed by atoms with Gasteiger partial charge in [-0.15, -0.1) is 0 Å². The lowest BCUT2D eigenvalue weighted by Gasteiger charge is -2.31. The number of para-hydroxylation sites is 1. The second kappa shape index (κ2) is 10.5. The number of nitrogens with one attached hydrogen (secondary N) is 3. The number of hydrogen-bond donors (Lipinski definition) is 4. The molecule has 0 unspecified atom stereocenters. The molecule has 0 bridgehead atoms. The van der Waals surface area contributed by atoms with E-state index in [2.05, 4.69) is 16.0 Å². The van der Waals surface area contributed by atoms with Crippen molar-refractivity contribution >= 4 is 17.6 Å². The highest BCUT2D eigenvalue weighted by Gasteiger charge is 2.29. The van der Waals surface area contributed by atoms with E-state index in [4.69, 9.17) is 4.74 Å². The summed E-state index contributed by atoms with van der Waals surface area (Å²) in [6.07, 6.45) is 2.22. The normalized spacial score (nSPS) is 20.4. The lowest BCUT2D eigenvalue weighted by Crippen LogP contribution is -2.50. The molecule has 0 aromatic heterocycles. The molecule has 3 atom stereocenters. The average Bonchev–Trinajstić information content (AvgIpc) is 2.74. The van der Waals surface area contributed by atoms with Crippen LogP contribution in [0.5, 0.6) is 0 Å². The first-order chi connectivity index (χ1) is 14.5. The molecule has 0 fully saturated rings.